The van der Waals surface area contributed by atoms with Crippen molar-refractivity contribution in [3.63, 3.8) is 0 Å². The fourth-order valence-electron chi connectivity index (χ4n) is 5.66. The van der Waals surface area contributed by atoms with Crippen LogP contribution in [0.5, 0.6) is 0 Å². The fraction of sp³-hybridized carbons (Fsp3) is 0.630. The van der Waals surface area contributed by atoms with Gasteiger partial charge >= 0.3 is 12.1 Å². The maximum atomic E-state index is 13.3. The van der Waals surface area contributed by atoms with Crippen LogP contribution in [-0.4, -0.2) is 95.0 Å². The average molecular weight is 588 g/mol. The zero-order valence-electron chi connectivity index (χ0n) is 22.4. The molecule has 40 heavy (non-hydrogen) atoms. The van der Waals surface area contributed by atoms with E-state index in [9.17, 15) is 37.5 Å². The number of aliphatic hydroxyl groups excluding tert-OH is 1. The third-order valence-corrected chi connectivity index (χ3v) is 8.72. The highest BCUT2D eigenvalue weighted by Crippen LogP contribution is 2.53. The van der Waals surface area contributed by atoms with Crippen molar-refractivity contribution >= 4 is 35.3 Å². The lowest BCUT2D eigenvalue weighted by Gasteiger charge is -2.42. The molecule has 220 valence electrons. The molecule has 2 heterocycles. The predicted octanol–water partition coefficient (Wildman–Crippen LogP) is 2.66. The van der Waals surface area contributed by atoms with Gasteiger partial charge in [0, 0.05) is 32.6 Å². The van der Waals surface area contributed by atoms with Crippen molar-refractivity contribution in [3.8, 4) is 0 Å². The third kappa shape index (κ3) is 6.22. The van der Waals surface area contributed by atoms with Crippen molar-refractivity contribution in [2.45, 2.75) is 69.8 Å². The molecule has 0 aromatic heterocycles. The average Bonchev–Trinajstić information content (AvgIpc) is 3.67. The molecular formula is C27H33ClF3N3O6. The second-order valence-electron chi connectivity index (χ2n) is 10.8. The summed E-state index contributed by atoms with van der Waals surface area (Å²) >= 11 is 5.77. The van der Waals surface area contributed by atoms with Gasteiger partial charge < -0.3 is 24.5 Å². The molecule has 0 unspecified atom stereocenters. The lowest BCUT2D eigenvalue weighted by molar-refractivity contribution is -0.161. The summed E-state index contributed by atoms with van der Waals surface area (Å²) in [7, 11) is 1.19. The fourth-order valence-corrected chi connectivity index (χ4v) is 5.97. The summed E-state index contributed by atoms with van der Waals surface area (Å²) in [6.45, 7) is 2.40. The number of nitrogens with zero attached hydrogens (tertiary/aromatic N) is 3. The Balaban J connectivity index is 1.36. The van der Waals surface area contributed by atoms with Crippen molar-refractivity contribution in [3.05, 3.63) is 34.3 Å². The number of benzene rings is 1. The van der Waals surface area contributed by atoms with Gasteiger partial charge in [-0.25, -0.2) is 4.79 Å². The second kappa shape index (κ2) is 11.6. The molecule has 1 N–H and O–H groups in total. The Bertz CT molecular complexity index is 1170. The van der Waals surface area contributed by atoms with Gasteiger partial charge in [-0.15, -0.1) is 0 Å². The molecule has 2 aliphatic heterocycles. The lowest BCUT2D eigenvalue weighted by atomic mass is 9.90. The number of methoxy groups -OCH3 is 1. The van der Waals surface area contributed by atoms with Crippen molar-refractivity contribution in [1.29, 1.82) is 0 Å². The zero-order valence-corrected chi connectivity index (χ0v) is 23.1. The molecule has 13 heteroatoms. The van der Waals surface area contributed by atoms with Crippen LogP contribution in [0.1, 0.15) is 50.2 Å². The number of amides is 3. The number of aliphatic hydroxyl groups is 1. The van der Waals surface area contributed by atoms with Crippen molar-refractivity contribution in [2.75, 3.05) is 33.3 Å². The molecule has 3 atom stereocenters. The van der Waals surface area contributed by atoms with Gasteiger partial charge in [-0.1, -0.05) is 17.7 Å². The van der Waals surface area contributed by atoms with E-state index >= 15 is 0 Å². The van der Waals surface area contributed by atoms with E-state index in [1.807, 2.05) is 0 Å². The molecule has 3 amide bonds. The number of rotatable bonds is 7. The Morgan fingerprint density at radius 2 is 1.85 bits per heavy atom. The zero-order chi connectivity index (χ0) is 29.4. The lowest BCUT2D eigenvalue weighted by Crippen LogP contribution is -2.61. The van der Waals surface area contributed by atoms with Gasteiger partial charge in [0.2, 0.25) is 17.7 Å². The number of likely N-dealkylation sites (tertiary alicyclic amines) is 1. The number of hydrogen-bond acceptors (Lipinski definition) is 6. The Hall–Kier alpha value is -2.86. The number of carbonyl (C=O) groups excluding carboxylic acids is 4. The Morgan fingerprint density at radius 1 is 1.15 bits per heavy atom. The number of carbonyl (C=O) groups is 4. The monoisotopic (exact) mass is 587 g/mol. The maximum Gasteiger partial charge on any atom is 0.417 e. The predicted molar refractivity (Wildman–Crippen MR) is 137 cm³/mol. The molecule has 3 fully saturated rings. The number of hydrogen-bond donors (Lipinski definition) is 1. The van der Waals surface area contributed by atoms with E-state index in [1.54, 1.807) is 4.90 Å². The van der Waals surface area contributed by atoms with Crippen molar-refractivity contribution in [1.82, 2.24) is 14.7 Å². The minimum Gasteiger partial charge on any atom is -0.467 e. The summed E-state index contributed by atoms with van der Waals surface area (Å²) in [5, 5.41) is 9.89. The van der Waals surface area contributed by atoms with Crippen LogP contribution >= 0.6 is 11.6 Å². The molecule has 3 aliphatic rings. The summed E-state index contributed by atoms with van der Waals surface area (Å²) in [5.74, 6) is -1.87. The topological polar surface area (TPSA) is 107 Å². The molecule has 1 saturated carbocycles. The highest BCUT2D eigenvalue weighted by Gasteiger charge is 2.52. The van der Waals surface area contributed by atoms with Gasteiger partial charge in [0.1, 0.15) is 12.1 Å². The number of piperidine rings is 1. The SMILES string of the molecule is COC(=O)[C@@H](CCC(=O)N1CCC2(CC2)[C@H](O)C1)N1CCN(C(=O)Cc2ccc(C(F)(F)F)c(Cl)c2)[C@@H](C)C1=O. The van der Waals surface area contributed by atoms with Gasteiger partial charge in [0.25, 0.3) is 0 Å². The summed E-state index contributed by atoms with van der Waals surface area (Å²) in [5.41, 5.74) is -0.784. The van der Waals surface area contributed by atoms with Gasteiger partial charge in [-0.3, -0.25) is 14.4 Å². The highest BCUT2D eigenvalue weighted by atomic mass is 35.5. The van der Waals surface area contributed by atoms with Gasteiger partial charge in [0.15, 0.2) is 0 Å². The first-order valence-corrected chi connectivity index (χ1v) is 13.6. The van der Waals surface area contributed by atoms with Crippen molar-refractivity contribution in [2.24, 2.45) is 5.41 Å². The van der Waals surface area contributed by atoms with Crippen LogP contribution in [0.25, 0.3) is 0 Å². The summed E-state index contributed by atoms with van der Waals surface area (Å²) in [6, 6.07) is 1.10. The molecule has 1 aliphatic carbocycles. The molecule has 0 bridgehead atoms. The standard InChI is InChI=1S/C27H33ClF3N3O6/c1-16-24(38)34(12-11-33(16)23(37)14-17-3-4-18(19(28)13-17)27(29,30)31)20(25(39)40-2)5-6-22(36)32-10-9-26(7-8-26)21(35)15-32/h3-4,13,16,20-21,35H,5-12,14-15H2,1-2H3/t16-,20+,21+/m0/s1. The van der Waals surface area contributed by atoms with E-state index in [2.05, 4.69) is 0 Å². The molecule has 1 spiro atoms. The summed E-state index contributed by atoms with van der Waals surface area (Å²) in [6.07, 6.45) is -2.76. The molecule has 0 radical (unpaired) electrons. The van der Waals surface area contributed by atoms with Crippen molar-refractivity contribution < 1.29 is 42.2 Å². The normalized spacial score (nSPS) is 23.3. The number of esters is 1. The first kappa shape index (κ1) is 30.1. The Labute approximate surface area is 235 Å². The first-order chi connectivity index (χ1) is 18.8. The van der Waals surface area contributed by atoms with E-state index in [4.69, 9.17) is 16.3 Å². The number of halogens is 4. The molecular weight excluding hydrogens is 555 g/mol. The summed E-state index contributed by atoms with van der Waals surface area (Å²) in [4.78, 5) is 56.0. The Kier molecular flexibility index (Phi) is 8.70. The number of piperazine rings is 1. The maximum absolute atomic E-state index is 13.3. The van der Waals surface area contributed by atoms with E-state index in [0.29, 0.717) is 6.54 Å². The number of alkyl halides is 3. The molecule has 9 nitrogen and oxygen atoms in total. The molecule has 2 saturated heterocycles. The van der Waals surface area contributed by atoms with Gasteiger partial charge in [0.05, 0.1) is 30.2 Å². The van der Waals surface area contributed by atoms with Crippen LogP contribution in [0.4, 0.5) is 13.2 Å². The van der Waals surface area contributed by atoms with E-state index < -0.39 is 52.7 Å². The van der Waals surface area contributed by atoms with Crippen LogP contribution in [0.2, 0.25) is 5.02 Å². The molecule has 1 aromatic rings. The van der Waals surface area contributed by atoms with Crippen LogP contribution in [0, 0.1) is 5.41 Å². The number of β-amino-alcohol motifs (C(OH)–C–C–N with tert-alkyl or cyclic N) is 1. The largest absolute Gasteiger partial charge is 0.467 e. The van der Waals surface area contributed by atoms with E-state index in [-0.39, 0.29) is 55.8 Å². The van der Waals surface area contributed by atoms with Crippen LogP contribution in [-0.2, 0) is 36.5 Å². The van der Waals surface area contributed by atoms with E-state index in [0.717, 1.165) is 31.4 Å². The van der Waals surface area contributed by atoms with Crippen LogP contribution in [0.15, 0.2) is 18.2 Å². The number of ether oxygens (including phenoxy) is 1. The van der Waals surface area contributed by atoms with Crippen LogP contribution in [0.3, 0.4) is 0 Å². The Morgan fingerprint density at radius 3 is 2.42 bits per heavy atom. The quantitative estimate of drug-likeness (QED) is 0.492. The van der Waals surface area contributed by atoms with Crippen LogP contribution < -0.4 is 0 Å². The first-order valence-electron chi connectivity index (χ1n) is 13.3. The molecule has 1 aromatic carbocycles. The molecule has 4 rings (SSSR count). The highest BCUT2D eigenvalue weighted by molar-refractivity contribution is 6.31. The second-order valence-corrected chi connectivity index (χ2v) is 11.2. The van der Waals surface area contributed by atoms with Gasteiger partial charge in [-0.05, 0) is 55.7 Å². The summed E-state index contributed by atoms with van der Waals surface area (Å²) < 4.78 is 43.9. The van der Waals surface area contributed by atoms with E-state index in [1.165, 1.54) is 29.9 Å². The minimum atomic E-state index is -4.62. The minimum absolute atomic E-state index is 0.0155. The van der Waals surface area contributed by atoms with Gasteiger partial charge in [-0.2, -0.15) is 13.2 Å². The third-order valence-electron chi connectivity index (χ3n) is 8.41. The smallest absolute Gasteiger partial charge is 0.417 e.